The summed E-state index contributed by atoms with van der Waals surface area (Å²) in [6.45, 7) is 3.26. The Morgan fingerprint density at radius 2 is 1.97 bits per heavy atom. The number of fused-ring (bicyclic) bond motifs is 1. The van der Waals surface area contributed by atoms with Gasteiger partial charge in [0.2, 0.25) is 0 Å². The smallest absolute Gasteiger partial charge is 0.331 e. The molecule has 6 nitrogen and oxygen atoms in total. The van der Waals surface area contributed by atoms with E-state index in [4.69, 9.17) is 5.41 Å². The molecule has 2 aromatic rings. The molecule has 0 radical (unpaired) electrons. The molecular weight excluding hydrogens is 440 g/mol. The number of hydrogen-bond acceptors (Lipinski definition) is 4. The normalized spacial score (nSPS) is 20.5. The molecule has 4 rings (SSSR count). The Morgan fingerprint density at radius 1 is 1.21 bits per heavy atom. The highest BCUT2D eigenvalue weighted by Gasteiger charge is 2.40. The molecular formula is C23H22F4N4O2. The van der Waals surface area contributed by atoms with Crippen molar-refractivity contribution >= 4 is 17.6 Å². The molecule has 3 N–H and O–H groups in total. The van der Waals surface area contributed by atoms with Crippen molar-refractivity contribution in [1.82, 2.24) is 15.5 Å². The third-order valence-electron chi connectivity index (χ3n) is 6.20. The van der Waals surface area contributed by atoms with Crippen LogP contribution in [0.15, 0.2) is 36.4 Å². The number of amidine groups is 1. The number of nitrogens with zero attached hydrogens (tertiary/aromatic N) is 1. The summed E-state index contributed by atoms with van der Waals surface area (Å²) >= 11 is 0. The van der Waals surface area contributed by atoms with Gasteiger partial charge in [-0.25, -0.2) is 4.39 Å². The van der Waals surface area contributed by atoms with Crippen LogP contribution in [0.5, 0.6) is 0 Å². The number of halogens is 4. The zero-order chi connectivity index (χ0) is 23.9. The summed E-state index contributed by atoms with van der Waals surface area (Å²) in [6.07, 6.45) is -4.46. The van der Waals surface area contributed by atoms with E-state index in [-0.39, 0.29) is 34.8 Å². The second kappa shape index (κ2) is 8.58. The Bertz CT molecular complexity index is 1130. The van der Waals surface area contributed by atoms with E-state index in [1.807, 2.05) is 6.07 Å². The molecule has 2 aliphatic rings. The van der Waals surface area contributed by atoms with Gasteiger partial charge in [0.05, 0.1) is 0 Å². The summed E-state index contributed by atoms with van der Waals surface area (Å²) in [4.78, 5) is 26.1. The van der Waals surface area contributed by atoms with Gasteiger partial charge >= 0.3 is 12.1 Å². The third-order valence-corrected chi connectivity index (χ3v) is 6.20. The van der Waals surface area contributed by atoms with Crippen LogP contribution in [0.3, 0.4) is 0 Å². The molecule has 2 aliphatic heterocycles. The van der Waals surface area contributed by atoms with Crippen LogP contribution in [-0.2, 0) is 11.3 Å². The van der Waals surface area contributed by atoms with Gasteiger partial charge in [-0.15, -0.1) is 0 Å². The molecule has 0 aromatic heterocycles. The van der Waals surface area contributed by atoms with Crippen LogP contribution in [0, 0.1) is 18.2 Å². The molecule has 33 heavy (non-hydrogen) atoms. The van der Waals surface area contributed by atoms with Crippen molar-refractivity contribution in [2.45, 2.75) is 38.0 Å². The van der Waals surface area contributed by atoms with Crippen molar-refractivity contribution in [3.63, 3.8) is 0 Å². The molecule has 2 heterocycles. The van der Waals surface area contributed by atoms with E-state index >= 15 is 0 Å². The number of aryl methyl sites for hydroxylation is 1. The lowest BCUT2D eigenvalue weighted by atomic mass is 9.85. The fraction of sp³-hybridized carbons (Fsp3) is 0.348. The molecule has 0 saturated carbocycles. The van der Waals surface area contributed by atoms with Gasteiger partial charge in [0.1, 0.15) is 11.7 Å². The van der Waals surface area contributed by atoms with E-state index in [1.54, 1.807) is 24.0 Å². The largest absolute Gasteiger partial charge is 0.471 e. The summed E-state index contributed by atoms with van der Waals surface area (Å²) in [7, 11) is 0. The van der Waals surface area contributed by atoms with E-state index in [9.17, 15) is 27.2 Å². The molecule has 10 heteroatoms. The second-order valence-corrected chi connectivity index (χ2v) is 8.31. The fourth-order valence-corrected chi connectivity index (χ4v) is 4.40. The zero-order valence-corrected chi connectivity index (χ0v) is 17.7. The Balaban J connectivity index is 1.57. The Hall–Kier alpha value is -3.27. The lowest BCUT2D eigenvalue weighted by Gasteiger charge is -2.38. The van der Waals surface area contributed by atoms with Crippen molar-refractivity contribution in [1.29, 1.82) is 5.41 Å². The van der Waals surface area contributed by atoms with Crippen LogP contribution in [0.2, 0.25) is 0 Å². The quantitative estimate of drug-likeness (QED) is 0.372. The van der Waals surface area contributed by atoms with Gasteiger partial charge in [-0.2, -0.15) is 13.2 Å². The van der Waals surface area contributed by atoms with Crippen LogP contribution in [0.4, 0.5) is 17.6 Å². The van der Waals surface area contributed by atoms with Crippen LogP contribution < -0.4 is 10.6 Å². The number of piperidine rings is 1. The van der Waals surface area contributed by atoms with Crippen molar-refractivity contribution < 1.29 is 27.2 Å². The summed E-state index contributed by atoms with van der Waals surface area (Å²) in [5, 5.41) is 12.6. The minimum Gasteiger partial charge on any atom is -0.331 e. The van der Waals surface area contributed by atoms with Gasteiger partial charge in [0, 0.05) is 36.2 Å². The summed E-state index contributed by atoms with van der Waals surface area (Å²) in [5.74, 6) is -3.72. The lowest BCUT2D eigenvalue weighted by Crippen LogP contribution is -2.48. The number of rotatable bonds is 3. The Morgan fingerprint density at radius 3 is 2.67 bits per heavy atom. The topological polar surface area (TPSA) is 85.3 Å². The molecule has 0 spiro atoms. The molecule has 1 saturated heterocycles. The maximum absolute atomic E-state index is 14.2. The average Bonchev–Trinajstić information content (AvgIpc) is 3.10. The van der Waals surface area contributed by atoms with Gasteiger partial charge in [0.15, 0.2) is 0 Å². The summed E-state index contributed by atoms with van der Waals surface area (Å²) in [5.41, 5.74) is 2.30. The van der Waals surface area contributed by atoms with Crippen LogP contribution in [0.25, 0.3) is 0 Å². The summed E-state index contributed by atoms with van der Waals surface area (Å²) < 4.78 is 51.7. The van der Waals surface area contributed by atoms with Crippen LogP contribution >= 0.6 is 0 Å². The molecule has 2 atom stereocenters. The van der Waals surface area contributed by atoms with Gasteiger partial charge in [-0.1, -0.05) is 24.3 Å². The molecule has 1 fully saturated rings. The maximum atomic E-state index is 14.2. The van der Waals surface area contributed by atoms with E-state index in [0.29, 0.717) is 37.2 Å². The SMILES string of the molecule is Cc1ccc(C2CNCCC2N2Cc3ccc(C(=N)NC(=O)C(F)(F)F)cc3C2=O)cc1F. The number of carbonyl (C=O) groups excluding carboxylic acids is 2. The second-order valence-electron chi connectivity index (χ2n) is 8.31. The standard InChI is InChI=1S/C23H22F4N4O2/c1-12-2-3-13(9-18(12)24)17-10-29-7-6-19(17)31-11-15-5-4-14(8-16(15)21(31)32)20(28)30-22(33)23(25,26)27/h2-5,8-9,17,19,29H,6-7,10-11H2,1H3,(H2,28,30,33). The fourth-order valence-electron chi connectivity index (χ4n) is 4.40. The van der Waals surface area contributed by atoms with Gasteiger partial charge in [0.25, 0.3) is 5.91 Å². The zero-order valence-electron chi connectivity index (χ0n) is 17.7. The highest BCUT2D eigenvalue weighted by Crippen LogP contribution is 2.35. The Labute approximate surface area is 187 Å². The van der Waals surface area contributed by atoms with Crippen molar-refractivity contribution in [2.24, 2.45) is 0 Å². The van der Waals surface area contributed by atoms with E-state index < -0.39 is 17.9 Å². The molecule has 0 bridgehead atoms. The molecule has 2 amide bonds. The van der Waals surface area contributed by atoms with Gasteiger partial charge in [-0.3, -0.25) is 15.0 Å². The number of nitrogens with one attached hydrogen (secondary N) is 3. The first-order valence-corrected chi connectivity index (χ1v) is 10.4. The molecule has 2 aromatic carbocycles. The minimum absolute atomic E-state index is 0.00372. The maximum Gasteiger partial charge on any atom is 0.471 e. The molecule has 2 unspecified atom stereocenters. The first-order valence-electron chi connectivity index (χ1n) is 10.4. The van der Waals surface area contributed by atoms with E-state index in [2.05, 4.69) is 5.32 Å². The van der Waals surface area contributed by atoms with Crippen LogP contribution in [0.1, 0.15) is 45.0 Å². The highest BCUT2D eigenvalue weighted by molar-refractivity contribution is 6.09. The predicted octanol–water partition coefficient (Wildman–Crippen LogP) is 3.24. The number of alkyl halides is 3. The predicted molar refractivity (Wildman–Crippen MR) is 112 cm³/mol. The van der Waals surface area contributed by atoms with Gasteiger partial charge < -0.3 is 15.5 Å². The highest BCUT2D eigenvalue weighted by atomic mass is 19.4. The first-order chi connectivity index (χ1) is 15.6. The third kappa shape index (κ3) is 4.47. The van der Waals surface area contributed by atoms with Crippen LogP contribution in [-0.4, -0.2) is 47.9 Å². The van der Waals surface area contributed by atoms with Crippen molar-refractivity contribution in [3.05, 3.63) is 70.0 Å². The van der Waals surface area contributed by atoms with Crippen molar-refractivity contribution in [2.75, 3.05) is 13.1 Å². The number of hydrogen-bond donors (Lipinski definition) is 3. The minimum atomic E-state index is -5.12. The monoisotopic (exact) mass is 462 g/mol. The molecule has 174 valence electrons. The number of carbonyl (C=O) groups is 2. The first kappa shape index (κ1) is 22.9. The molecule has 0 aliphatic carbocycles. The van der Waals surface area contributed by atoms with E-state index in [0.717, 1.165) is 5.56 Å². The summed E-state index contributed by atoms with van der Waals surface area (Å²) in [6, 6.07) is 9.20. The van der Waals surface area contributed by atoms with Crippen molar-refractivity contribution in [3.8, 4) is 0 Å². The lowest BCUT2D eigenvalue weighted by molar-refractivity contribution is -0.171. The Kier molecular flexibility index (Phi) is 5.96. The average molecular weight is 462 g/mol. The van der Waals surface area contributed by atoms with E-state index in [1.165, 1.54) is 23.5 Å². The number of benzene rings is 2. The van der Waals surface area contributed by atoms with Gasteiger partial charge in [-0.05, 0) is 48.7 Å². The number of amides is 2.